The number of nitrogens with zero attached hydrogens (tertiary/aromatic N) is 2. The first-order chi connectivity index (χ1) is 7.68. The zero-order valence-electron chi connectivity index (χ0n) is 8.72. The van der Waals surface area contributed by atoms with Gasteiger partial charge in [-0.1, -0.05) is 6.42 Å². The SMILES string of the molecule is Nc1nonc1C(=O)NCC1CCCC1O. The molecular weight excluding hydrogens is 212 g/mol. The Labute approximate surface area is 92.0 Å². The number of aliphatic hydroxyl groups excluding tert-OH is 1. The Morgan fingerprint density at radius 3 is 2.94 bits per heavy atom. The van der Waals surface area contributed by atoms with E-state index < -0.39 is 5.91 Å². The number of hydrogen-bond acceptors (Lipinski definition) is 6. The highest BCUT2D eigenvalue weighted by atomic mass is 16.6. The van der Waals surface area contributed by atoms with Gasteiger partial charge >= 0.3 is 0 Å². The number of rotatable bonds is 3. The summed E-state index contributed by atoms with van der Waals surface area (Å²) < 4.78 is 4.32. The van der Waals surface area contributed by atoms with Crippen LogP contribution in [-0.2, 0) is 0 Å². The number of carbonyl (C=O) groups excluding carboxylic acids is 1. The molecule has 2 rings (SSSR count). The summed E-state index contributed by atoms with van der Waals surface area (Å²) >= 11 is 0. The quantitative estimate of drug-likeness (QED) is 0.642. The van der Waals surface area contributed by atoms with Crippen molar-refractivity contribution in [2.75, 3.05) is 12.3 Å². The van der Waals surface area contributed by atoms with E-state index in [9.17, 15) is 9.90 Å². The fraction of sp³-hybridized carbons (Fsp3) is 0.667. The lowest BCUT2D eigenvalue weighted by atomic mass is 10.1. The Morgan fingerprint density at radius 1 is 1.56 bits per heavy atom. The minimum Gasteiger partial charge on any atom is -0.393 e. The summed E-state index contributed by atoms with van der Waals surface area (Å²) in [5.41, 5.74) is 5.37. The summed E-state index contributed by atoms with van der Waals surface area (Å²) in [6, 6.07) is 0. The van der Waals surface area contributed by atoms with Gasteiger partial charge in [0.15, 0.2) is 0 Å². The third kappa shape index (κ3) is 2.13. The Balaban J connectivity index is 1.86. The van der Waals surface area contributed by atoms with E-state index in [2.05, 4.69) is 20.3 Å². The van der Waals surface area contributed by atoms with Crippen molar-refractivity contribution < 1.29 is 14.5 Å². The minimum atomic E-state index is -0.419. The molecule has 1 amide bonds. The summed E-state index contributed by atoms with van der Waals surface area (Å²) in [6.45, 7) is 0.423. The van der Waals surface area contributed by atoms with E-state index in [0.717, 1.165) is 19.3 Å². The lowest BCUT2D eigenvalue weighted by Gasteiger charge is -2.14. The van der Waals surface area contributed by atoms with Crippen LogP contribution in [0.3, 0.4) is 0 Å². The predicted molar refractivity (Wildman–Crippen MR) is 54.4 cm³/mol. The van der Waals surface area contributed by atoms with Gasteiger partial charge in [0.05, 0.1) is 6.10 Å². The van der Waals surface area contributed by atoms with Gasteiger partial charge in [0.1, 0.15) is 0 Å². The number of nitrogen functional groups attached to an aromatic ring is 1. The maximum Gasteiger partial charge on any atom is 0.277 e. The van der Waals surface area contributed by atoms with Crippen LogP contribution < -0.4 is 11.1 Å². The van der Waals surface area contributed by atoms with Crippen LogP contribution >= 0.6 is 0 Å². The van der Waals surface area contributed by atoms with Crippen molar-refractivity contribution in [3.63, 3.8) is 0 Å². The van der Waals surface area contributed by atoms with Gasteiger partial charge in [-0.2, -0.15) is 0 Å². The molecule has 1 aromatic heterocycles. The number of hydrogen-bond donors (Lipinski definition) is 3. The van der Waals surface area contributed by atoms with Crippen molar-refractivity contribution in [2.24, 2.45) is 5.92 Å². The highest BCUT2D eigenvalue weighted by Gasteiger charge is 2.26. The number of aliphatic hydroxyl groups is 1. The van der Waals surface area contributed by atoms with Crippen LogP contribution in [0.4, 0.5) is 5.82 Å². The second-order valence-electron chi connectivity index (χ2n) is 3.97. The first kappa shape index (κ1) is 10.9. The molecule has 1 fully saturated rings. The number of nitrogens with two attached hydrogens (primary N) is 1. The molecule has 0 radical (unpaired) electrons. The first-order valence-electron chi connectivity index (χ1n) is 5.22. The van der Waals surface area contributed by atoms with Crippen molar-refractivity contribution in [3.05, 3.63) is 5.69 Å². The minimum absolute atomic E-state index is 0.00696. The molecular formula is C9H14N4O3. The Kier molecular flexibility index (Phi) is 3.04. The third-order valence-electron chi connectivity index (χ3n) is 2.87. The number of amides is 1. The van der Waals surface area contributed by atoms with E-state index in [4.69, 9.17) is 5.73 Å². The molecule has 7 heteroatoms. The molecule has 2 unspecified atom stereocenters. The maximum absolute atomic E-state index is 11.6. The van der Waals surface area contributed by atoms with Gasteiger partial charge in [-0.15, -0.1) is 0 Å². The highest BCUT2D eigenvalue weighted by Crippen LogP contribution is 2.24. The summed E-state index contributed by atoms with van der Waals surface area (Å²) in [5.74, 6) is -0.327. The third-order valence-corrected chi connectivity index (χ3v) is 2.87. The van der Waals surface area contributed by atoms with Gasteiger partial charge in [0, 0.05) is 12.5 Å². The number of aromatic nitrogens is 2. The summed E-state index contributed by atoms with van der Waals surface area (Å²) in [4.78, 5) is 11.6. The monoisotopic (exact) mass is 226 g/mol. The van der Waals surface area contributed by atoms with Gasteiger partial charge in [-0.3, -0.25) is 4.79 Å². The molecule has 1 heterocycles. The van der Waals surface area contributed by atoms with Crippen LogP contribution in [0.25, 0.3) is 0 Å². The average molecular weight is 226 g/mol. The molecule has 16 heavy (non-hydrogen) atoms. The van der Waals surface area contributed by atoms with Crippen molar-refractivity contribution in [2.45, 2.75) is 25.4 Å². The highest BCUT2D eigenvalue weighted by molar-refractivity contribution is 5.95. The van der Waals surface area contributed by atoms with Crippen molar-refractivity contribution >= 4 is 11.7 Å². The van der Waals surface area contributed by atoms with E-state index in [-0.39, 0.29) is 23.5 Å². The van der Waals surface area contributed by atoms with Crippen LogP contribution in [0.15, 0.2) is 4.63 Å². The molecule has 88 valence electrons. The summed E-state index contributed by atoms with van der Waals surface area (Å²) in [7, 11) is 0. The number of carbonyl (C=O) groups is 1. The lowest BCUT2D eigenvalue weighted by Crippen LogP contribution is -2.33. The molecule has 7 nitrogen and oxygen atoms in total. The van der Waals surface area contributed by atoms with E-state index in [0.29, 0.717) is 6.54 Å². The largest absolute Gasteiger partial charge is 0.393 e. The molecule has 0 aliphatic heterocycles. The number of nitrogens with one attached hydrogen (secondary N) is 1. The van der Waals surface area contributed by atoms with Crippen LogP contribution in [-0.4, -0.2) is 34.0 Å². The van der Waals surface area contributed by atoms with E-state index in [1.54, 1.807) is 0 Å². The molecule has 0 aromatic carbocycles. The van der Waals surface area contributed by atoms with Crippen LogP contribution in [0, 0.1) is 5.92 Å². The van der Waals surface area contributed by atoms with E-state index in [1.165, 1.54) is 0 Å². The van der Waals surface area contributed by atoms with Crippen LogP contribution in [0.1, 0.15) is 29.8 Å². The number of anilines is 1. The zero-order chi connectivity index (χ0) is 11.5. The van der Waals surface area contributed by atoms with E-state index in [1.807, 2.05) is 0 Å². The molecule has 4 N–H and O–H groups in total. The zero-order valence-corrected chi connectivity index (χ0v) is 8.72. The molecule has 0 saturated heterocycles. The topological polar surface area (TPSA) is 114 Å². The molecule has 0 spiro atoms. The molecule has 0 bridgehead atoms. The Bertz CT molecular complexity index is 379. The van der Waals surface area contributed by atoms with E-state index >= 15 is 0 Å². The standard InChI is InChI=1S/C9H14N4O3/c10-8-7(12-16-13-8)9(15)11-4-5-2-1-3-6(5)14/h5-6,14H,1-4H2,(H2,10,13)(H,11,15). The van der Waals surface area contributed by atoms with Gasteiger partial charge in [-0.25, -0.2) is 4.63 Å². The van der Waals surface area contributed by atoms with Gasteiger partial charge in [-0.05, 0) is 23.2 Å². The lowest BCUT2D eigenvalue weighted by molar-refractivity contribution is 0.0908. The van der Waals surface area contributed by atoms with Crippen LogP contribution in [0.2, 0.25) is 0 Å². The van der Waals surface area contributed by atoms with Gasteiger partial charge in [0.25, 0.3) is 5.91 Å². The van der Waals surface area contributed by atoms with Crippen molar-refractivity contribution in [1.29, 1.82) is 0 Å². The second kappa shape index (κ2) is 4.48. The summed E-state index contributed by atoms with van der Waals surface area (Å²) in [6.07, 6.45) is 2.39. The molecule has 1 aliphatic carbocycles. The normalized spacial score (nSPS) is 24.6. The second-order valence-corrected chi connectivity index (χ2v) is 3.97. The van der Waals surface area contributed by atoms with Crippen molar-refractivity contribution in [3.8, 4) is 0 Å². The summed E-state index contributed by atoms with van der Waals surface area (Å²) in [5, 5.41) is 18.9. The maximum atomic E-state index is 11.6. The fourth-order valence-electron chi connectivity index (χ4n) is 1.92. The molecule has 1 saturated carbocycles. The smallest absolute Gasteiger partial charge is 0.277 e. The van der Waals surface area contributed by atoms with Gasteiger partial charge in [0.2, 0.25) is 11.5 Å². The molecule has 2 atom stereocenters. The van der Waals surface area contributed by atoms with Gasteiger partial charge < -0.3 is 16.2 Å². The van der Waals surface area contributed by atoms with Crippen LogP contribution in [0.5, 0.6) is 0 Å². The Hall–Kier alpha value is -1.63. The molecule has 1 aliphatic rings. The van der Waals surface area contributed by atoms with Crippen molar-refractivity contribution in [1.82, 2.24) is 15.6 Å². The average Bonchev–Trinajstić information content (AvgIpc) is 2.84. The predicted octanol–water partition coefficient (Wildman–Crippen LogP) is -0.457. The molecule has 1 aromatic rings. The first-order valence-corrected chi connectivity index (χ1v) is 5.22. The fourth-order valence-corrected chi connectivity index (χ4v) is 1.92. The Morgan fingerprint density at radius 2 is 2.38 bits per heavy atom.